The van der Waals surface area contributed by atoms with Crippen LogP contribution >= 0.6 is 0 Å². The van der Waals surface area contributed by atoms with Crippen molar-refractivity contribution in [2.45, 2.75) is 20.1 Å². The van der Waals surface area contributed by atoms with E-state index in [2.05, 4.69) is 15.0 Å². The van der Waals surface area contributed by atoms with Gasteiger partial charge in [-0.25, -0.2) is 4.98 Å². The fourth-order valence-electron chi connectivity index (χ4n) is 1.63. The highest BCUT2D eigenvalue weighted by atomic mass is 16.5. The van der Waals surface area contributed by atoms with Gasteiger partial charge in [-0.15, -0.1) is 0 Å². The molecule has 0 aliphatic rings. The normalized spacial score (nSPS) is 11.0. The summed E-state index contributed by atoms with van der Waals surface area (Å²) in [6, 6.07) is 1.71. The first-order chi connectivity index (χ1) is 8.65. The first kappa shape index (κ1) is 12.5. The molecule has 0 unspecified atom stereocenters. The zero-order chi connectivity index (χ0) is 13.1. The third-order valence-corrected chi connectivity index (χ3v) is 2.52. The fraction of sp³-hybridized carbons (Fsp3) is 0.364. The summed E-state index contributed by atoms with van der Waals surface area (Å²) in [6.45, 7) is 2.62. The number of nitrogen functional groups attached to an aromatic ring is 2. The van der Waals surface area contributed by atoms with E-state index < -0.39 is 0 Å². The van der Waals surface area contributed by atoms with Crippen LogP contribution in [-0.4, -0.2) is 26.7 Å². The summed E-state index contributed by atoms with van der Waals surface area (Å²) < 4.78 is 5.29. The molecule has 0 amide bonds. The van der Waals surface area contributed by atoms with E-state index >= 15 is 0 Å². The van der Waals surface area contributed by atoms with Gasteiger partial charge in [0.15, 0.2) is 5.65 Å². The quantitative estimate of drug-likeness (QED) is 0.708. The van der Waals surface area contributed by atoms with E-state index in [4.69, 9.17) is 16.2 Å². The Labute approximate surface area is 104 Å². The summed E-state index contributed by atoms with van der Waals surface area (Å²) in [4.78, 5) is 12.2. The van der Waals surface area contributed by atoms with Gasteiger partial charge < -0.3 is 21.3 Å². The Morgan fingerprint density at radius 2 is 2.06 bits per heavy atom. The van der Waals surface area contributed by atoms with Crippen LogP contribution < -0.4 is 11.5 Å². The van der Waals surface area contributed by atoms with E-state index in [0.717, 1.165) is 0 Å². The molecule has 2 aromatic heterocycles. The highest BCUT2D eigenvalue weighted by molar-refractivity contribution is 5.86. The van der Waals surface area contributed by atoms with E-state index in [1.807, 2.05) is 6.92 Å². The van der Waals surface area contributed by atoms with Gasteiger partial charge in [0.25, 0.3) is 0 Å². The molecule has 7 heteroatoms. The van der Waals surface area contributed by atoms with Crippen molar-refractivity contribution >= 4 is 22.8 Å². The number of rotatable bonds is 4. The second kappa shape index (κ2) is 5.11. The highest BCUT2D eigenvalue weighted by Gasteiger charge is 2.11. The van der Waals surface area contributed by atoms with Gasteiger partial charge in [0.2, 0.25) is 5.95 Å². The Balaban J connectivity index is 2.57. The number of aliphatic hydroxyl groups excluding tert-OH is 1. The second-order valence-corrected chi connectivity index (χ2v) is 3.73. The number of nitrogens with two attached hydrogens (primary N) is 2. The van der Waals surface area contributed by atoms with Crippen molar-refractivity contribution in [3.05, 3.63) is 17.3 Å². The standard InChI is InChI=1S/C11H15N5O2/c1-2-18-5-8-6(4-17)3-7-9(12)15-11(13)16-10(7)14-8/h3,17H,2,4-5H2,1H3,(H4,12,13,14,15,16). The van der Waals surface area contributed by atoms with Crippen LogP contribution in [0.2, 0.25) is 0 Å². The molecular weight excluding hydrogens is 234 g/mol. The van der Waals surface area contributed by atoms with E-state index in [9.17, 15) is 5.11 Å². The van der Waals surface area contributed by atoms with Gasteiger partial charge in [-0.3, -0.25) is 0 Å². The number of pyridine rings is 1. The van der Waals surface area contributed by atoms with Gasteiger partial charge in [-0.1, -0.05) is 0 Å². The van der Waals surface area contributed by atoms with Crippen molar-refractivity contribution in [1.82, 2.24) is 15.0 Å². The predicted molar refractivity (Wildman–Crippen MR) is 67.4 cm³/mol. The third kappa shape index (κ3) is 2.31. The number of aliphatic hydroxyl groups is 1. The number of hydrogen-bond donors (Lipinski definition) is 3. The lowest BCUT2D eigenvalue weighted by atomic mass is 10.1. The SMILES string of the molecule is CCOCc1nc2nc(N)nc(N)c2cc1CO. The second-order valence-electron chi connectivity index (χ2n) is 3.73. The van der Waals surface area contributed by atoms with Crippen LogP contribution in [-0.2, 0) is 18.0 Å². The molecule has 7 nitrogen and oxygen atoms in total. The van der Waals surface area contributed by atoms with Crippen molar-refractivity contribution in [3.63, 3.8) is 0 Å². The van der Waals surface area contributed by atoms with Gasteiger partial charge in [0, 0.05) is 12.2 Å². The molecule has 2 aromatic rings. The van der Waals surface area contributed by atoms with Crippen molar-refractivity contribution < 1.29 is 9.84 Å². The van der Waals surface area contributed by atoms with Crippen LogP contribution in [0.1, 0.15) is 18.2 Å². The van der Waals surface area contributed by atoms with Gasteiger partial charge in [-0.05, 0) is 13.0 Å². The molecule has 18 heavy (non-hydrogen) atoms. The number of fused-ring (bicyclic) bond motifs is 1. The van der Waals surface area contributed by atoms with E-state index in [-0.39, 0.29) is 18.4 Å². The molecule has 0 fully saturated rings. The molecular formula is C11H15N5O2. The number of anilines is 2. The third-order valence-electron chi connectivity index (χ3n) is 2.52. The summed E-state index contributed by atoms with van der Waals surface area (Å²) in [5.41, 5.74) is 13.0. The topological polar surface area (TPSA) is 120 Å². The van der Waals surface area contributed by atoms with Crippen LogP contribution in [0.4, 0.5) is 11.8 Å². The fourth-order valence-corrected chi connectivity index (χ4v) is 1.63. The Kier molecular flexibility index (Phi) is 3.54. The van der Waals surface area contributed by atoms with Gasteiger partial charge in [0.1, 0.15) is 5.82 Å². The molecule has 0 aromatic carbocycles. The monoisotopic (exact) mass is 249 g/mol. The van der Waals surface area contributed by atoms with E-state index in [1.54, 1.807) is 6.07 Å². The molecule has 5 N–H and O–H groups in total. The van der Waals surface area contributed by atoms with Crippen LogP contribution in [0, 0.1) is 0 Å². The van der Waals surface area contributed by atoms with Crippen molar-refractivity contribution in [2.24, 2.45) is 0 Å². The summed E-state index contributed by atoms with van der Waals surface area (Å²) in [5, 5.41) is 9.90. The number of nitrogens with zero attached hydrogens (tertiary/aromatic N) is 3. The molecule has 0 aliphatic carbocycles. The van der Waals surface area contributed by atoms with Gasteiger partial charge >= 0.3 is 0 Å². The van der Waals surface area contributed by atoms with Crippen LogP contribution in [0.25, 0.3) is 11.0 Å². The van der Waals surface area contributed by atoms with Crippen molar-refractivity contribution in [2.75, 3.05) is 18.1 Å². The molecule has 96 valence electrons. The van der Waals surface area contributed by atoms with Gasteiger partial charge in [-0.2, -0.15) is 9.97 Å². The number of hydrogen-bond acceptors (Lipinski definition) is 7. The number of aromatic nitrogens is 3. The maximum atomic E-state index is 9.32. The minimum absolute atomic E-state index is 0.0756. The molecule has 0 radical (unpaired) electrons. The minimum Gasteiger partial charge on any atom is -0.392 e. The highest BCUT2D eigenvalue weighted by Crippen LogP contribution is 2.21. The van der Waals surface area contributed by atoms with Crippen LogP contribution in [0.15, 0.2) is 6.07 Å². The Hall–Kier alpha value is -1.99. The zero-order valence-corrected chi connectivity index (χ0v) is 10.1. The van der Waals surface area contributed by atoms with Crippen molar-refractivity contribution in [1.29, 1.82) is 0 Å². The summed E-state index contributed by atoms with van der Waals surface area (Å²) in [5.74, 6) is 0.328. The molecule has 2 heterocycles. The Bertz CT molecular complexity index is 573. The Morgan fingerprint density at radius 3 is 2.72 bits per heavy atom. The number of ether oxygens (including phenoxy) is 1. The lowest BCUT2D eigenvalue weighted by molar-refractivity contribution is 0.129. The van der Waals surface area contributed by atoms with Crippen LogP contribution in [0.3, 0.4) is 0 Å². The van der Waals surface area contributed by atoms with Crippen molar-refractivity contribution in [3.8, 4) is 0 Å². The van der Waals surface area contributed by atoms with E-state index in [1.165, 1.54) is 0 Å². The molecule has 0 spiro atoms. The molecule has 0 atom stereocenters. The minimum atomic E-state index is -0.144. The molecule has 0 saturated carbocycles. The van der Waals surface area contributed by atoms with Gasteiger partial charge in [0.05, 0.1) is 24.3 Å². The van der Waals surface area contributed by atoms with E-state index in [0.29, 0.717) is 35.5 Å². The maximum Gasteiger partial charge on any atom is 0.224 e. The first-order valence-corrected chi connectivity index (χ1v) is 5.55. The lowest BCUT2D eigenvalue weighted by Crippen LogP contribution is -2.06. The molecule has 0 saturated heterocycles. The average Bonchev–Trinajstić information content (AvgIpc) is 2.35. The molecule has 2 rings (SSSR count). The molecule has 0 bridgehead atoms. The zero-order valence-electron chi connectivity index (χ0n) is 10.1. The average molecular weight is 249 g/mol. The largest absolute Gasteiger partial charge is 0.392 e. The predicted octanol–water partition coefficient (Wildman–Crippen LogP) is 0.218. The summed E-state index contributed by atoms with van der Waals surface area (Å²) in [6.07, 6.45) is 0. The smallest absolute Gasteiger partial charge is 0.224 e. The first-order valence-electron chi connectivity index (χ1n) is 5.55. The van der Waals surface area contributed by atoms with Crippen LogP contribution in [0.5, 0.6) is 0 Å². The summed E-state index contributed by atoms with van der Waals surface area (Å²) in [7, 11) is 0. The molecule has 0 aliphatic heterocycles. The Morgan fingerprint density at radius 1 is 1.28 bits per heavy atom. The summed E-state index contributed by atoms with van der Waals surface area (Å²) >= 11 is 0. The maximum absolute atomic E-state index is 9.32. The lowest BCUT2D eigenvalue weighted by Gasteiger charge is -2.09.